The Balaban J connectivity index is 1.87. The van der Waals surface area contributed by atoms with Crippen LogP contribution in [-0.4, -0.2) is 40.1 Å². The summed E-state index contributed by atoms with van der Waals surface area (Å²) in [5, 5.41) is 9.23. The number of nitrogens with one attached hydrogen (secondary N) is 1. The SMILES string of the molecule is CN(Cc1ccc[nH]1)C(=O)C1CCC(N)(CO)CC1. The molecule has 106 valence electrons. The van der Waals surface area contributed by atoms with Crippen molar-refractivity contribution in [2.24, 2.45) is 11.7 Å². The maximum Gasteiger partial charge on any atom is 0.225 e. The Morgan fingerprint density at radius 1 is 1.58 bits per heavy atom. The number of amides is 1. The third-order valence-corrected chi connectivity index (χ3v) is 4.09. The highest BCUT2D eigenvalue weighted by molar-refractivity contribution is 5.78. The number of hydrogen-bond donors (Lipinski definition) is 3. The van der Waals surface area contributed by atoms with Gasteiger partial charge >= 0.3 is 0 Å². The molecule has 2 rings (SSSR count). The number of aliphatic hydroxyl groups excluding tert-OH is 1. The van der Waals surface area contributed by atoms with Crippen molar-refractivity contribution in [3.8, 4) is 0 Å². The largest absolute Gasteiger partial charge is 0.394 e. The number of aromatic amines is 1. The van der Waals surface area contributed by atoms with Gasteiger partial charge in [-0.2, -0.15) is 0 Å². The number of H-pyrrole nitrogens is 1. The Labute approximate surface area is 113 Å². The lowest BCUT2D eigenvalue weighted by Gasteiger charge is -2.36. The Morgan fingerprint density at radius 2 is 2.26 bits per heavy atom. The summed E-state index contributed by atoms with van der Waals surface area (Å²) in [5.41, 5.74) is 6.59. The molecule has 5 heteroatoms. The summed E-state index contributed by atoms with van der Waals surface area (Å²) in [5.74, 6) is 0.220. The fourth-order valence-corrected chi connectivity index (χ4v) is 2.71. The van der Waals surface area contributed by atoms with Gasteiger partial charge in [0, 0.05) is 30.4 Å². The normalized spacial score (nSPS) is 27.2. The number of hydrogen-bond acceptors (Lipinski definition) is 3. The zero-order valence-corrected chi connectivity index (χ0v) is 11.4. The Kier molecular flexibility index (Phi) is 4.27. The molecule has 0 bridgehead atoms. The first kappa shape index (κ1) is 14.1. The van der Waals surface area contributed by atoms with Crippen LogP contribution in [0.25, 0.3) is 0 Å². The van der Waals surface area contributed by atoms with Crippen LogP contribution in [0.3, 0.4) is 0 Å². The molecular formula is C14H23N3O2. The van der Waals surface area contributed by atoms with Gasteiger partial charge in [-0.3, -0.25) is 4.79 Å². The van der Waals surface area contributed by atoms with E-state index in [1.807, 2.05) is 25.4 Å². The molecular weight excluding hydrogens is 242 g/mol. The molecule has 1 aromatic rings. The van der Waals surface area contributed by atoms with Gasteiger partial charge in [-0.05, 0) is 37.8 Å². The molecule has 1 aliphatic rings. The highest BCUT2D eigenvalue weighted by Crippen LogP contribution is 2.31. The number of aliphatic hydroxyl groups is 1. The van der Waals surface area contributed by atoms with Crippen LogP contribution in [0.4, 0.5) is 0 Å². The second kappa shape index (κ2) is 5.75. The van der Waals surface area contributed by atoms with E-state index in [4.69, 9.17) is 5.73 Å². The molecule has 4 N–H and O–H groups in total. The molecule has 19 heavy (non-hydrogen) atoms. The van der Waals surface area contributed by atoms with Gasteiger partial charge in [0.1, 0.15) is 0 Å². The highest BCUT2D eigenvalue weighted by atomic mass is 16.3. The second-order valence-electron chi connectivity index (χ2n) is 5.68. The van der Waals surface area contributed by atoms with E-state index in [1.54, 1.807) is 4.90 Å². The molecule has 1 fully saturated rings. The lowest BCUT2D eigenvalue weighted by Crippen LogP contribution is -2.48. The summed E-state index contributed by atoms with van der Waals surface area (Å²) < 4.78 is 0. The molecule has 1 aromatic heterocycles. The fraction of sp³-hybridized carbons (Fsp3) is 0.643. The zero-order chi connectivity index (χ0) is 13.9. The standard InChI is InChI=1S/C14H23N3O2/c1-17(9-12-3-2-8-16-12)13(19)11-4-6-14(15,10-18)7-5-11/h2-3,8,11,16,18H,4-7,9-10,15H2,1H3. The first-order valence-corrected chi connectivity index (χ1v) is 6.81. The van der Waals surface area contributed by atoms with Gasteiger partial charge in [0.25, 0.3) is 0 Å². The average Bonchev–Trinajstić information content (AvgIpc) is 2.91. The summed E-state index contributed by atoms with van der Waals surface area (Å²) >= 11 is 0. The average molecular weight is 265 g/mol. The maximum absolute atomic E-state index is 12.3. The van der Waals surface area contributed by atoms with Gasteiger partial charge in [0.05, 0.1) is 13.2 Å². The maximum atomic E-state index is 12.3. The quantitative estimate of drug-likeness (QED) is 0.755. The summed E-state index contributed by atoms with van der Waals surface area (Å²) in [4.78, 5) is 17.2. The second-order valence-corrected chi connectivity index (χ2v) is 5.68. The van der Waals surface area contributed by atoms with Crippen molar-refractivity contribution in [2.75, 3.05) is 13.7 Å². The van der Waals surface area contributed by atoms with Crippen LogP contribution in [0.1, 0.15) is 31.4 Å². The summed E-state index contributed by atoms with van der Waals surface area (Å²) in [6, 6.07) is 3.90. The number of aromatic nitrogens is 1. The lowest BCUT2D eigenvalue weighted by molar-refractivity contribution is -0.136. The van der Waals surface area contributed by atoms with Crippen LogP contribution in [-0.2, 0) is 11.3 Å². The molecule has 1 aliphatic carbocycles. The summed E-state index contributed by atoms with van der Waals surface area (Å²) in [7, 11) is 1.83. The Morgan fingerprint density at radius 3 is 2.79 bits per heavy atom. The lowest BCUT2D eigenvalue weighted by atomic mass is 9.77. The van der Waals surface area contributed by atoms with E-state index >= 15 is 0 Å². The highest BCUT2D eigenvalue weighted by Gasteiger charge is 2.34. The van der Waals surface area contributed by atoms with Gasteiger partial charge in [-0.1, -0.05) is 0 Å². The minimum Gasteiger partial charge on any atom is -0.394 e. The van der Waals surface area contributed by atoms with E-state index in [1.165, 1.54) is 0 Å². The van der Waals surface area contributed by atoms with Gasteiger partial charge in [0.2, 0.25) is 5.91 Å². The van der Waals surface area contributed by atoms with Crippen molar-refractivity contribution in [1.29, 1.82) is 0 Å². The minimum atomic E-state index is -0.477. The first-order valence-electron chi connectivity index (χ1n) is 6.81. The van der Waals surface area contributed by atoms with Crippen molar-refractivity contribution in [1.82, 2.24) is 9.88 Å². The Hall–Kier alpha value is -1.33. The summed E-state index contributed by atoms with van der Waals surface area (Å²) in [6.45, 7) is 0.613. The molecule has 0 aromatic carbocycles. The van der Waals surface area contributed by atoms with E-state index < -0.39 is 5.54 Å². The first-order chi connectivity index (χ1) is 9.04. The zero-order valence-electron chi connectivity index (χ0n) is 11.4. The van der Waals surface area contributed by atoms with Gasteiger partial charge in [-0.15, -0.1) is 0 Å². The number of nitrogens with zero attached hydrogens (tertiary/aromatic N) is 1. The minimum absolute atomic E-state index is 0.00618. The molecule has 0 spiro atoms. The van der Waals surface area contributed by atoms with Crippen LogP contribution in [0, 0.1) is 5.92 Å². The van der Waals surface area contributed by atoms with Crippen LogP contribution in [0.2, 0.25) is 0 Å². The van der Waals surface area contributed by atoms with Crippen LogP contribution in [0.15, 0.2) is 18.3 Å². The van der Waals surface area contributed by atoms with Crippen molar-refractivity contribution >= 4 is 5.91 Å². The van der Waals surface area contributed by atoms with Crippen LogP contribution < -0.4 is 5.73 Å². The number of rotatable bonds is 4. The van der Waals surface area contributed by atoms with Crippen LogP contribution >= 0.6 is 0 Å². The molecule has 0 radical (unpaired) electrons. The van der Waals surface area contributed by atoms with Gasteiger partial charge in [0.15, 0.2) is 0 Å². The summed E-state index contributed by atoms with van der Waals surface area (Å²) in [6.07, 6.45) is 4.83. The van der Waals surface area contributed by atoms with Crippen LogP contribution in [0.5, 0.6) is 0 Å². The van der Waals surface area contributed by atoms with Gasteiger partial charge in [-0.25, -0.2) is 0 Å². The van der Waals surface area contributed by atoms with Gasteiger partial charge < -0.3 is 20.7 Å². The molecule has 0 aliphatic heterocycles. The number of carbonyl (C=O) groups excluding carboxylic acids is 1. The smallest absolute Gasteiger partial charge is 0.225 e. The van der Waals surface area contributed by atoms with E-state index in [0.29, 0.717) is 6.54 Å². The molecule has 1 saturated carbocycles. The topological polar surface area (TPSA) is 82.4 Å². The predicted octanol–water partition coefficient (Wildman–Crippen LogP) is 0.853. The third kappa shape index (κ3) is 3.36. The van der Waals surface area contributed by atoms with E-state index in [2.05, 4.69) is 4.98 Å². The fourth-order valence-electron chi connectivity index (χ4n) is 2.71. The van der Waals surface area contributed by atoms with E-state index in [-0.39, 0.29) is 18.4 Å². The molecule has 0 saturated heterocycles. The van der Waals surface area contributed by atoms with Crippen molar-refractivity contribution < 1.29 is 9.90 Å². The van der Waals surface area contributed by atoms with Crippen molar-refractivity contribution in [3.05, 3.63) is 24.0 Å². The van der Waals surface area contributed by atoms with Crippen molar-refractivity contribution in [3.63, 3.8) is 0 Å². The number of nitrogens with two attached hydrogens (primary N) is 1. The molecule has 1 heterocycles. The molecule has 5 nitrogen and oxygen atoms in total. The third-order valence-electron chi connectivity index (χ3n) is 4.09. The molecule has 1 amide bonds. The monoisotopic (exact) mass is 265 g/mol. The molecule has 0 unspecified atom stereocenters. The van der Waals surface area contributed by atoms with E-state index in [9.17, 15) is 9.90 Å². The number of carbonyl (C=O) groups is 1. The van der Waals surface area contributed by atoms with E-state index in [0.717, 1.165) is 31.4 Å². The Bertz CT molecular complexity index is 408. The predicted molar refractivity (Wildman–Crippen MR) is 73.2 cm³/mol. The molecule has 0 atom stereocenters. The van der Waals surface area contributed by atoms with Crippen molar-refractivity contribution in [2.45, 2.75) is 37.8 Å².